The number of nitrogens with zero attached hydrogens (tertiary/aromatic N) is 4. The maximum atomic E-state index is 11.8. The van der Waals surface area contributed by atoms with Gasteiger partial charge in [-0.05, 0) is 13.3 Å². The Bertz CT molecular complexity index is 518. The maximum absolute atomic E-state index is 11.8. The number of fused-ring (bicyclic) bond motifs is 1. The van der Waals surface area contributed by atoms with Crippen molar-refractivity contribution in [2.75, 3.05) is 6.54 Å². The standard InChI is InChI=1S/C10H15N5OS/c1-3-4-5-6-11-8(16)9-14-15-7(2)12-13-10(15)17-9/h3-6H2,1-2H3,(H,11,16). The van der Waals surface area contributed by atoms with Gasteiger partial charge in [-0.2, -0.15) is 4.52 Å². The van der Waals surface area contributed by atoms with E-state index in [-0.39, 0.29) is 5.91 Å². The van der Waals surface area contributed by atoms with Gasteiger partial charge in [-0.15, -0.1) is 15.3 Å². The van der Waals surface area contributed by atoms with Crippen LogP contribution in [0.3, 0.4) is 0 Å². The molecule has 0 saturated heterocycles. The Kier molecular flexibility index (Phi) is 3.68. The maximum Gasteiger partial charge on any atom is 0.282 e. The highest BCUT2D eigenvalue weighted by Gasteiger charge is 2.14. The number of hydrogen-bond donors (Lipinski definition) is 1. The number of carbonyl (C=O) groups is 1. The van der Waals surface area contributed by atoms with E-state index < -0.39 is 0 Å². The van der Waals surface area contributed by atoms with Crippen molar-refractivity contribution in [3.63, 3.8) is 0 Å². The number of hydrogen-bond acceptors (Lipinski definition) is 5. The van der Waals surface area contributed by atoms with Crippen molar-refractivity contribution < 1.29 is 4.79 Å². The molecule has 0 radical (unpaired) electrons. The molecule has 2 heterocycles. The molecule has 0 fully saturated rings. The predicted octanol–water partition coefficient (Wildman–Crippen LogP) is 1.41. The molecule has 7 heteroatoms. The van der Waals surface area contributed by atoms with Crippen LogP contribution >= 0.6 is 11.3 Å². The van der Waals surface area contributed by atoms with Gasteiger partial charge in [-0.3, -0.25) is 4.79 Å². The van der Waals surface area contributed by atoms with Crippen LogP contribution in [0.1, 0.15) is 41.8 Å². The SMILES string of the molecule is CCCCCNC(=O)c1nn2c(C)nnc2s1. The topological polar surface area (TPSA) is 72.2 Å². The highest BCUT2D eigenvalue weighted by molar-refractivity contribution is 7.18. The average Bonchev–Trinajstić information content (AvgIpc) is 2.87. The van der Waals surface area contributed by atoms with Crippen molar-refractivity contribution in [1.29, 1.82) is 0 Å². The fourth-order valence-corrected chi connectivity index (χ4v) is 2.26. The molecule has 0 aliphatic carbocycles. The van der Waals surface area contributed by atoms with Crippen LogP contribution in [0.15, 0.2) is 0 Å². The zero-order chi connectivity index (χ0) is 12.3. The Morgan fingerprint density at radius 1 is 1.41 bits per heavy atom. The van der Waals surface area contributed by atoms with Gasteiger partial charge in [-0.25, -0.2) is 0 Å². The number of aryl methyl sites for hydroxylation is 1. The quantitative estimate of drug-likeness (QED) is 0.818. The largest absolute Gasteiger partial charge is 0.350 e. The summed E-state index contributed by atoms with van der Waals surface area (Å²) in [7, 11) is 0. The lowest BCUT2D eigenvalue weighted by molar-refractivity contribution is 0.0951. The third-order valence-electron chi connectivity index (χ3n) is 2.41. The van der Waals surface area contributed by atoms with Crippen molar-refractivity contribution in [3.8, 4) is 0 Å². The molecule has 2 aromatic rings. The number of aromatic nitrogens is 4. The molecule has 0 aliphatic rings. The van der Waals surface area contributed by atoms with E-state index in [0.29, 0.717) is 22.3 Å². The first kappa shape index (κ1) is 12.0. The summed E-state index contributed by atoms with van der Waals surface area (Å²) in [6.45, 7) is 4.64. The van der Waals surface area contributed by atoms with E-state index in [9.17, 15) is 4.79 Å². The molecule has 0 bridgehead atoms. The van der Waals surface area contributed by atoms with E-state index in [1.54, 1.807) is 4.52 Å². The van der Waals surface area contributed by atoms with E-state index in [4.69, 9.17) is 0 Å². The van der Waals surface area contributed by atoms with Crippen LogP contribution in [0, 0.1) is 6.92 Å². The fourth-order valence-electron chi connectivity index (χ4n) is 1.46. The smallest absolute Gasteiger partial charge is 0.282 e. The Labute approximate surface area is 103 Å². The second kappa shape index (κ2) is 5.22. The summed E-state index contributed by atoms with van der Waals surface area (Å²) < 4.78 is 1.59. The van der Waals surface area contributed by atoms with Gasteiger partial charge >= 0.3 is 0 Å². The van der Waals surface area contributed by atoms with Gasteiger partial charge in [0.05, 0.1) is 0 Å². The Morgan fingerprint density at radius 2 is 2.24 bits per heavy atom. The van der Waals surface area contributed by atoms with Gasteiger partial charge in [0.15, 0.2) is 5.82 Å². The zero-order valence-corrected chi connectivity index (χ0v) is 10.8. The second-order valence-corrected chi connectivity index (χ2v) is 4.77. The van der Waals surface area contributed by atoms with Gasteiger partial charge in [0.1, 0.15) is 0 Å². The molecule has 0 spiro atoms. The molecule has 6 nitrogen and oxygen atoms in total. The van der Waals surface area contributed by atoms with E-state index in [1.807, 2.05) is 6.92 Å². The molecule has 0 atom stereocenters. The molecular weight excluding hydrogens is 238 g/mol. The van der Waals surface area contributed by atoms with Crippen molar-refractivity contribution >= 4 is 22.2 Å². The summed E-state index contributed by atoms with van der Waals surface area (Å²) >= 11 is 1.26. The third kappa shape index (κ3) is 2.60. The molecule has 2 rings (SSSR count). The molecule has 0 aliphatic heterocycles. The van der Waals surface area contributed by atoms with Crippen LogP contribution in [0.5, 0.6) is 0 Å². The van der Waals surface area contributed by atoms with E-state index in [1.165, 1.54) is 11.3 Å². The summed E-state index contributed by atoms with van der Waals surface area (Å²) in [5.41, 5.74) is 0. The number of amides is 1. The van der Waals surface area contributed by atoms with Gasteiger partial charge in [0, 0.05) is 6.54 Å². The molecule has 0 aromatic carbocycles. The highest BCUT2D eigenvalue weighted by atomic mass is 32.1. The Hall–Kier alpha value is -1.50. The van der Waals surface area contributed by atoms with Gasteiger partial charge in [-0.1, -0.05) is 31.1 Å². The summed E-state index contributed by atoms with van der Waals surface area (Å²) in [6, 6.07) is 0. The summed E-state index contributed by atoms with van der Waals surface area (Å²) in [4.78, 5) is 12.4. The molecule has 2 aromatic heterocycles. The van der Waals surface area contributed by atoms with Crippen molar-refractivity contribution in [1.82, 2.24) is 25.1 Å². The van der Waals surface area contributed by atoms with Gasteiger partial charge in [0.2, 0.25) is 9.97 Å². The van der Waals surface area contributed by atoms with Crippen LogP contribution in [-0.2, 0) is 0 Å². The molecular formula is C10H15N5OS. The van der Waals surface area contributed by atoms with Crippen molar-refractivity contribution in [3.05, 3.63) is 10.8 Å². The van der Waals surface area contributed by atoms with E-state index in [0.717, 1.165) is 19.3 Å². The Morgan fingerprint density at radius 3 is 2.94 bits per heavy atom. The minimum atomic E-state index is -0.129. The van der Waals surface area contributed by atoms with Gasteiger partial charge in [0.25, 0.3) is 5.91 Å². The minimum Gasteiger partial charge on any atom is -0.350 e. The molecule has 0 saturated carbocycles. The zero-order valence-electron chi connectivity index (χ0n) is 9.93. The fraction of sp³-hybridized carbons (Fsp3) is 0.600. The van der Waals surface area contributed by atoms with Gasteiger partial charge < -0.3 is 5.32 Å². The van der Waals surface area contributed by atoms with Crippen LogP contribution in [-0.4, -0.2) is 32.3 Å². The molecule has 1 amide bonds. The number of nitrogens with one attached hydrogen (secondary N) is 1. The Balaban J connectivity index is 1.99. The van der Waals surface area contributed by atoms with E-state index >= 15 is 0 Å². The minimum absolute atomic E-state index is 0.129. The first-order chi connectivity index (χ1) is 8.22. The summed E-state index contributed by atoms with van der Waals surface area (Å²) in [6.07, 6.45) is 3.28. The monoisotopic (exact) mass is 253 g/mol. The lowest BCUT2D eigenvalue weighted by Crippen LogP contribution is -2.24. The number of rotatable bonds is 5. The predicted molar refractivity (Wildman–Crippen MR) is 65.3 cm³/mol. The van der Waals surface area contributed by atoms with E-state index in [2.05, 4.69) is 27.5 Å². The first-order valence-electron chi connectivity index (χ1n) is 5.69. The summed E-state index contributed by atoms with van der Waals surface area (Å²) in [5.74, 6) is 0.567. The van der Waals surface area contributed by atoms with Crippen molar-refractivity contribution in [2.24, 2.45) is 0 Å². The van der Waals surface area contributed by atoms with Crippen LogP contribution in [0.25, 0.3) is 4.96 Å². The highest BCUT2D eigenvalue weighted by Crippen LogP contribution is 2.13. The van der Waals surface area contributed by atoms with Crippen LogP contribution in [0.4, 0.5) is 0 Å². The summed E-state index contributed by atoms with van der Waals surface area (Å²) in [5, 5.41) is 15.3. The molecule has 92 valence electrons. The second-order valence-electron chi connectivity index (χ2n) is 3.81. The number of unbranched alkanes of at least 4 members (excludes halogenated alkanes) is 2. The van der Waals surface area contributed by atoms with Crippen LogP contribution in [0.2, 0.25) is 0 Å². The average molecular weight is 253 g/mol. The lowest BCUT2D eigenvalue weighted by atomic mass is 10.2. The normalized spacial score (nSPS) is 10.9. The third-order valence-corrected chi connectivity index (χ3v) is 3.30. The molecule has 17 heavy (non-hydrogen) atoms. The van der Waals surface area contributed by atoms with Crippen LogP contribution < -0.4 is 5.32 Å². The molecule has 1 N–H and O–H groups in total. The van der Waals surface area contributed by atoms with Crippen molar-refractivity contribution in [2.45, 2.75) is 33.1 Å². The molecule has 0 unspecified atom stereocenters. The first-order valence-corrected chi connectivity index (χ1v) is 6.51. The number of carbonyl (C=O) groups excluding carboxylic acids is 1. The lowest BCUT2D eigenvalue weighted by Gasteiger charge is -2.00.